The molecule has 1 spiro atoms. The molecular weight excluding hydrogens is 468 g/mol. The second kappa shape index (κ2) is 10.7. The third-order valence-electron chi connectivity index (χ3n) is 8.01. The molecule has 3 aliphatic rings. The van der Waals surface area contributed by atoms with E-state index in [1.54, 1.807) is 14.2 Å². The van der Waals surface area contributed by atoms with Gasteiger partial charge in [-0.3, -0.25) is 9.69 Å². The first-order valence-corrected chi connectivity index (χ1v) is 13.4. The van der Waals surface area contributed by atoms with Gasteiger partial charge in [-0.1, -0.05) is 19.9 Å². The van der Waals surface area contributed by atoms with Crippen molar-refractivity contribution in [1.82, 2.24) is 19.7 Å². The van der Waals surface area contributed by atoms with Crippen LogP contribution in [-0.4, -0.2) is 77.6 Å². The number of hydrogen-bond donors (Lipinski definition) is 1. The second-order valence-electron chi connectivity index (χ2n) is 10.8. The van der Waals surface area contributed by atoms with Gasteiger partial charge < -0.3 is 24.3 Å². The Morgan fingerprint density at radius 3 is 2.38 bits per heavy atom. The molecule has 1 unspecified atom stereocenters. The van der Waals surface area contributed by atoms with E-state index >= 15 is 0 Å². The van der Waals surface area contributed by atoms with E-state index < -0.39 is 5.54 Å². The van der Waals surface area contributed by atoms with E-state index in [4.69, 9.17) is 9.47 Å². The molecule has 0 radical (unpaired) electrons. The number of fused-ring (bicyclic) bond motifs is 2. The van der Waals surface area contributed by atoms with Crippen LogP contribution in [0.3, 0.4) is 0 Å². The molecule has 8 heteroatoms. The Morgan fingerprint density at radius 1 is 1.11 bits per heavy atom. The summed E-state index contributed by atoms with van der Waals surface area (Å²) >= 11 is 0. The summed E-state index contributed by atoms with van der Waals surface area (Å²) in [5.74, 6) is 1.89. The van der Waals surface area contributed by atoms with Crippen LogP contribution in [0.1, 0.15) is 61.8 Å². The Bertz CT molecular complexity index is 1120. The Kier molecular flexibility index (Phi) is 7.76. The highest BCUT2D eigenvalue weighted by Crippen LogP contribution is 2.45. The first-order valence-electron chi connectivity index (χ1n) is 13.4. The predicted octanol–water partition coefficient (Wildman–Crippen LogP) is 4.98. The number of nitrogens with one attached hydrogen (secondary N) is 1. The van der Waals surface area contributed by atoms with E-state index in [-0.39, 0.29) is 23.8 Å². The molecule has 1 aromatic rings. The van der Waals surface area contributed by atoms with Gasteiger partial charge in [0.1, 0.15) is 5.76 Å². The van der Waals surface area contributed by atoms with Crippen LogP contribution in [0.2, 0.25) is 0 Å². The zero-order chi connectivity index (χ0) is 26.9. The highest BCUT2D eigenvalue weighted by atomic mass is 16.5. The number of aryl methyl sites for hydroxylation is 2. The number of H-pyrrole nitrogens is 1. The van der Waals surface area contributed by atoms with Crippen molar-refractivity contribution in [2.75, 3.05) is 40.4 Å². The lowest BCUT2D eigenvalue weighted by Gasteiger charge is -2.44. The average Bonchev–Trinajstić information content (AvgIpc) is 3.30. The summed E-state index contributed by atoms with van der Waals surface area (Å²) in [5, 5.41) is 0. The van der Waals surface area contributed by atoms with Gasteiger partial charge in [-0.15, -0.1) is 0 Å². The summed E-state index contributed by atoms with van der Waals surface area (Å²) in [7, 11) is 3.35. The number of rotatable bonds is 4. The minimum Gasteiger partial charge on any atom is -0.501 e. The number of allylic oxidation sites excluding steroid dienone is 3. The lowest BCUT2D eigenvalue weighted by Crippen LogP contribution is -2.54. The maximum atomic E-state index is 13.8. The molecule has 2 fully saturated rings. The minimum atomic E-state index is -0.418. The monoisotopic (exact) mass is 510 g/mol. The summed E-state index contributed by atoms with van der Waals surface area (Å²) in [6.07, 6.45) is 8.42. The number of carbonyl (C=O) groups excluding carboxylic acids is 2. The topological polar surface area (TPSA) is 78.1 Å². The Balaban J connectivity index is 1.68. The number of urea groups is 1. The van der Waals surface area contributed by atoms with Crippen LogP contribution in [-0.2, 0) is 9.47 Å². The molecule has 37 heavy (non-hydrogen) atoms. The molecule has 4 heterocycles. The number of aromatic amines is 1. The van der Waals surface area contributed by atoms with Crippen molar-refractivity contribution in [3.63, 3.8) is 0 Å². The van der Waals surface area contributed by atoms with Gasteiger partial charge in [0.15, 0.2) is 0 Å². The van der Waals surface area contributed by atoms with Crippen LogP contribution in [0, 0.1) is 25.7 Å². The first kappa shape index (κ1) is 26.9. The maximum Gasteiger partial charge on any atom is 0.325 e. The van der Waals surface area contributed by atoms with Gasteiger partial charge in [0, 0.05) is 55.8 Å². The Morgan fingerprint density at radius 2 is 1.81 bits per heavy atom. The Hall–Kier alpha value is -3.16. The minimum absolute atomic E-state index is 0.0521. The number of hydrogen-bond acceptors (Lipinski definition) is 4. The van der Waals surface area contributed by atoms with Crippen LogP contribution < -0.4 is 0 Å². The van der Waals surface area contributed by atoms with Gasteiger partial charge in [-0.2, -0.15) is 0 Å². The third-order valence-corrected chi connectivity index (χ3v) is 8.01. The highest BCUT2D eigenvalue weighted by molar-refractivity contribution is 5.95. The Labute approximate surface area is 221 Å². The molecule has 3 amide bonds. The van der Waals surface area contributed by atoms with Gasteiger partial charge in [-0.25, -0.2) is 4.79 Å². The van der Waals surface area contributed by atoms with Crippen LogP contribution in [0.4, 0.5) is 4.79 Å². The lowest BCUT2D eigenvalue weighted by molar-refractivity contribution is 0.0574. The molecular formula is C29H42N4O4. The zero-order valence-electron chi connectivity index (χ0n) is 23.4. The number of nitrogens with zero attached hydrogens (tertiary/aromatic N) is 3. The van der Waals surface area contributed by atoms with E-state index in [0.717, 1.165) is 47.0 Å². The summed E-state index contributed by atoms with van der Waals surface area (Å²) in [5.41, 5.74) is 3.28. The van der Waals surface area contributed by atoms with Crippen LogP contribution >= 0.6 is 0 Å². The molecule has 202 valence electrons. The SMILES string of the molecule is CCN1C(=O)N2CC(C)/C=C(OC)\C=C(\OC)C[C@@H](C)/C=C\2C12CCN(C(=O)c1cc(C)[nH]c1C)CC2. The van der Waals surface area contributed by atoms with Crippen LogP contribution in [0.15, 0.2) is 41.5 Å². The molecule has 3 aliphatic heterocycles. The van der Waals surface area contributed by atoms with Crippen LogP contribution in [0.25, 0.3) is 0 Å². The molecule has 4 rings (SSSR count). The van der Waals surface area contributed by atoms with Gasteiger partial charge in [-0.05, 0) is 57.6 Å². The number of carbonyl (C=O) groups is 2. The average molecular weight is 511 g/mol. The normalized spacial score (nSPS) is 28.5. The van der Waals surface area contributed by atoms with Gasteiger partial charge >= 0.3 is 6.03 Å². The predicted molar refractivity (Wildman–Crippen MR) is 144 cm³/mol. The fraction of sp³-hybridized carbons (Fsp3) is 0.586. The summed E-state index contributed by atoms with van der Waals surface area (Å²) in [4.78, 5) is 36.4. The molecule has 0 aromatic carbocycles. The van der Waals surface area contributed by atoms with Gasteiger partial charge in [0.05, 0.1) is 31.1 Å². The quantitative estimate of drug-likeness (QED) is 0.619. The van der Waals surface area contributed by atoms with E-state index in [1.165, 1.54) is 0 Å². The summed E-state index contributed by atoms with van der Waals surface area (Å²) < 4.78 is 11.3. The zero-order valence-corrected chi connectivity index (χ0v) is 23.4. The number of likely N-dealkylation sites (N-methyl/N-ethyl adjacent to an activating group) is 1. The molecule has 0 aliphatic carbocycles. The fourth-order valence-electron chi connectivity index (χ4n) is 6.20. The molecule has 0 bridgehead atoms. The van der Waals surface area contributed by atoms with Crippen molar-refractivity contribution in [1.29, 1.82) is 0 Å². The maximum absolute atomic E-state index is 13.8. The van der Waals surface area contributed by atoms with Crippen molar-refractivity contribution in [2.45, 2.75) is 59.4 Å². The fourth-order valence-corrected chi connectivity index (χ4v) is 6.20. The van der Waals surface area contributed by atoms with Gasteiger partial charge in [0.25, 0.3) is 5.91 Å². The van der Waals surface area contributed by atoms with Crippen molar-refractivity contribution >= 4 is 11.9 Å². The first-order chi connectivity index (χ1) is 17.6. The van der Waals surface area contributed by atoms with E-state index in [1.807, 2.05) is 40.7 Å². The van der Waals surface area contributed by atoms with E-state index in [9.17, 15) is 9.59 Å². The summed E-state index contributed by atoms with van der Waals surface area (Å²) in [6.45, 7) is 12.7. The highest BCUT2D eigenvalue weighted by Gasteiger charge is 2.54. The largest absolute Gasteiger partial charge is 0.501 e. The lowest BCUT2D eigenvalue weighted by atomic mass is 9.81. The van der Waals surface area contributed by atoms with Crippen molar-refractivity contribution < 1.29 is 19.1 Å². The smallest absolute Gasteiger partial charge is 0.325 e. The van der Waals surface area contributed by atoms with E-state index in [2.05, 4.69) is 37.9 Å². The molecule has 1 aromatic heterocycles. The third kappa shape index (κ3) is 5.03. The van der Waals surface area contributed by atoms with E-state index in [0.29, 0.717) is 32.6 Å². The van der Waals surface area contributed by atoms with Crippen molar-refractivity contribution in [3.05, 3.63) is 58.5 Å². The number of ether oxygens (including phenoxy) is 2. The van der Waals surface area contributed by atoms with Crippen molar-refractivity contribution in [3.8, 4) is 0 Å². The number of methoxy groups -OCH3 is 2. The molecule has 8 nitrogen and oxygen atoms in total. The second-order valence-corrected chi connectivity index (χ2v) is 10.8. The molecule has 2 atom stereocenters. The number of aromatic nitrogens is 1. The van der Waals surface area contributed by atoms with Crippen molar-refractivity contribution in [2.24, 2.45) is 11.8 Å². The molecule has 2 saturated heterocycles. The van der Waals surface area contributed by atoms with Gasteiger partial charge in [0.2, 0.25) is 0 Å². The summed E-state index contributed by atoms with van der Waals surface area (Å²) in [6, 6.07) is 1.98. The number of piperidine rings is 1. The van der Waals surface area contributed by atoms with Crippen LogP contribution in [0.5, 0.6) is 0 Å². The molecule has 0 saturated carbocycles. The number of likely N-dealkylation sites (tertiary alicyclic amines) is 1. The number of amides is 3. The molecule has 1 N–H and O–H groups in total. The standard InChI is InChI=1S/C29H42N4O4/c1-8-33-28(35)32-18-20(3)14-24(37-7)17-23(36-6)13-19(2)15-26(32)29(33)9-11-31(12-10-29)27(34)25-16-21(4)30-22(25)5/h14-17,19-20,30H,8-13,18H2,1-7H3/b23-17+,24-14+,26-15-/t19-,20?/m1/s1.